The van der Waals surface area contributed by atoms with Crippen LogP contribution in [0.15, 0.2) is 0 Å². The van der Waals surface area contributed by atoms with Gasteiger partial charge < -0.3 is 14.8 Å². The molecule has 0 aromatic heterocycles. The molecule has 0 aromatic carbocycles. The number of hydrogen-bond donors (Lipinski definition) is 1. The molecule has 3 heteroatoms. The second kappa shape index (κ2) is 9.13. The van der Waals surface area contributed by atoms with E-state index in [0.29, 0.717) is 6.10 Å². The molecule has 0 bridgehead atoms. The molecule has 0 aromatic rings. The minimum atomic E-state index is 0.551. The van der Waals surface area contributed by atoms with Crippen LogP contribution in [0.4, 0.5) is 0 Å². The smallest absolute Gasteiger partial charge is 0.0594 e. The van der Waals surface area contributed by atoms with Crippen molar-refractivity contribution in [2.45, 2.75) is 45.1 Å². The molecular weight excluding hydrogens is 190 g/mol. The van der Waals surface area contributed by atoms with E-state index in [1.165, 1.54) is 25.7 Å². The average molecular weight is 215 g/mol. The maximum absolute atomic E-state index is 5.74. The Morgan fingerprint density at radius 1 is 1.13 bits per heavy atom. The molecule has 1 fully saturated rings. The number of nitrogens with one attached hydrogen (secondary N) is 1. The summed E-state index contributed by atoms with van der Waals surface area (Å²) < 4.78 is 11.0. The standard InChI is InChI=1S/C12H25NO2/c1-2-14-10-5-8-13-9-11-15-12-6-3-4-7-12/h12-13H,2-11H2,1H3. The molecule has 0 saturated heterocycles. The Hall–Kier alpha value is -0.120. The van der Waals surface area contributed by atoms with Crippen molar-refractivity contribution in [2.75, 3.05) is 32.9 Å². The van der Waals surface area contributed by atoms with E-state index in [2.05, 4.69) is 5.32 Å². The van der Waals surface area contributed by atoms with Gasteiger partial charge >= 0.3 is 0 Å². The number of rotatable bonds is 9. The fraction of sp³-hybridized carbons (Fsp3) is 1.00. The number of hydrogen-bond acceptors (Lipinski definition) is 3. The minimum Gasteiger partial charge on any atom is -0.382 e. The summed E-state index contributed by atoms with van der Waals surface area (Å²) in [5.41, 5.74) is 0. The molecule has 0 amide bonds. The number of ether oxygens (including phenoxy) is 2. The molecule has 0 radical (unpaired) electrons. The molecule has 1 saturated carbocycles. The predicted octanol–water partition coefficient (Wildman–Crippen LogP) is 1.96. The van der Waals surface area contributed by atoms with Gasteiger partial charge in [0.2, 0.25) is 0 Å². The quantitative estimate of drug-likeness (QED) is 0.596. The zero-order valence-electron chi connectivity index (χ0n) is 9.96. The molecule has 0 spiro atoms. The fourth-order valence-electron chi connectivity index (χ4n) is 1.92. The Balaban J connectivity index is 1.73. The fourth-order valence-corrected chi connectivity index (χ4v) is 1.92. The lowest BCUT2D eigenvalue weighted by atomic mass is 10.3. The van der Waals surface area contributed by atoms with E-state index in [1.807, 2.05) is 6.92 Å². The van der Waals surface area contributed by atoms with E-state index >= 15 is 0 Å². The van der Waals surface area contributed by atoms with Gasteiger partial charge in [0.1, 0.15) is 0 Å². The first-order valence-corrected chi connectivity index (χ1v) is 6.33. The van der Waals surface area contributed by atoms with Crippen LogP contribution in [0.25, 0.3) is 0 Å². The maximum Gasteiger partial charge on any atom is 0.0594 e. The van der Waals surface area contributed by atoms with Crippen molar-refractivity contribution >= 4 is 0 Å². The molecule has 0 aliphatic heterocycles. The maximum atomic E-state index is 5.74. The van der Waals surface area contributed by atoms with Crippen LogP contribution in [-0.2, 0) is 9.47 Å². The van der Waals surface area contributed by atoms with Crippen LogP contribution in [0.1, 0.15) is 39.0 Å². The van der Waals surface area contributed by atoms with Gasteiger partial charge in [0.15, 0.2) is 0 Å². The largest absolute Gasteiger partial charge is 0.382 e. The molecule has 1 rings (SSSR count). The van der Waals surface area contributed by atoms with Crippen molar-refractivity contribution < 1.29 is 9.47 Å². The van der Waals surface area contributed by atoms with Crippen molar-refractivity contribution in [3.05, 3.63) is 0 Å². The summed E-state index contributed by atoms with van der Waals surface area (Å²) >= 11 is 0. The molecule has 15 heavy (non-hydrogen) atoms. The topological polar surface area (TPSA) is 30.5 Å². The normalized spacial score (nSPS) is 17.4. The van der Waals surface area contributed by atoms with E-state index in [0.717, 1.165) is 39.3 Å². The Kier molecular flexibility index (Phi) is 7.88. The Morgan fingerprint density at radius 3 is 2.67 bits per heavy atom. The summed E-state index contributed by atoms with van der Waals surface area (Å²) in [4.78, 5) is 0. The minimum absolute atomic E-state index is 0.551. The average Bonchev–Trinajstić information content (AvgIpc) is 2.75. The summed E-state index contributed by atoms with van der Waals surface area (Å²) in [5.74, 6) is 0. The third kappa shape index (κ3) is 6.88. The van der Waals surface area contributed by atoms with Crippen LogP contribution in [0, 0.1) is 0 Å². The molecule has 0 unspecified atom stereocenters. The van der Waals surface area contributed by atoms with Crippen molar-refractivity contribution in [3.8, 4) is 0 Å². The van der Waals surface area contributed by atoms with Gasteiger partial charge in [0.25, 0.3) is 0 Å². The lowest BCUT2D eigenvalue weighted by molar-refractivity contribution is 0.0600. The molecule has 90 valence electrons. The summed E-state index contributed by atoms with van der Waals surface area (Å²) in [5, 5.41) is 3.36. The second-order valence-electron chi connectivity index (χ2n) is 4.08. The van der Waals surface area contributed by atoms with Crippen LogP contribution in [0.2, 0.25) is 0 Å². The van der Waals surface area contributed by atoms with E-state index in [9.17, 15) is 0 Å². The second-order valence-corrected chi connectivity index (χ2v) is 4.08. The molecule has 1 aliphatic carbocycles. The van der Waals surface area contributed by atoms with Crippen LogP contribution in [0.3, 0.4) is 0 Å². The molecule has 3 nitrogen and oxygen atoms in total. The van der Waals surface area contributed by atoms with E-state index in [1.54, 1.807) is 0 Å². The summed E-state index contributed by atoms with van der Waals surface area (Å²) in [6.45, 7) is 6.59. The SMILES string of the molecule is CCOCCCNCCOC1CCCC1. The third-order valence-electron chi connectivity index (χ3n) is 2.78. The monoisotopic (exact) mass is 215 g/mol. The van der Waals surface area contributed by atoms with Crippen LogP contribution >= 0.6 is 0 Å². The molecule has 0 atom stereocenters. The lowest BCUT2D eigenvalue weighted by Gasteiger charge is -2.11. The van der Waals surface area contributed by atoms with Crippen molar-refractivity contribution in [1.82, 2.24) is 5.32 Å². The van der Waals surface area contributed by atoms with Gasteiger partial charge in [-0.1, -0.05) is 12.8 Å². The summed E-state index contributed by atoms with van der Waals surface area (Å²) in [7, 11) is 0. The summed E-state index contributed by atoms with van der Waals surface area (Å²) in [6, 6.07) is 0. The van der Waals surface area contributed by atoms with Crippen molar-refractivity contribution in [1.29, 1.82) is 0 Å². The van der Waals surface area contributed by atoms with Crippen LogP contribution in [-0.4, -0.2) is 39.0 Å². The highest BCUT2D eigenvalue weighted by Gasteiger charge is 2.14. The molecular formula is C12H25NO2. The Morgan fingerprint density at radius 2 is 1.93 bits per heavy atom. The predicted molar refractivity (Wildman–Crippen MR) is 62.2 cm³/mol. The molecule has 1 aliphatic rings. The molecule has 0 heterocycles. The van der Waals surface area contributed by atoms with E-state index in [-0.39, 0.29) is 0 Å². The zero-order valence-corrected chi connectivity index (χ0v) is 9.96. The van der Waals surface area contributed by atoms with Gasteiger partial charge in [-0.3, -0.25) is 0 Å². The van der Waals surface area contributed by atoms with E-state index in [4.69, 9.17) is 9.47 Å². The highest BCUT2D eigenvalue weighted by Crippen LogP contribution is 2.20. The third-order valence-corrected chi connectivity index (χ3v) is 2.78. The van der Waals surface area contributed by atoms with Gasteiger partial charge in [-0.25, -0.2) is 0 Å². The van der Waals surface area contributed by atoms with Crippen LogP contribution < -0.4 is 5.32 Å². The molecule has 1 N–H and O–H groups in total. The highest BCUT2D eigenvalue weighted by atomic mass is 16.5. The van der Waals surface area contributed by atoms with Gasteiger partial charge in [-0.2, -0.15) is 0 Å². The van der Waals surface area contributed by atoms with Crippen LogP contribution in [0.5, 0.6) is 0 Å². The van der Waals surface area contributed by atoms with Gasteiger partial charge in [0.05, 0.1) is 12.7 Å². The first kappa shape index (κ1) is 12.9. The Labute approximate surface area is 93.5 Å². The first-order chi connectivity index (χ1) is 7.43. The van der Waals surface area contributed by atoms with Gasteiger partial charge in [-0.15, -0.1) is 0 Å². The highest BCUT2D eigenvalue weighted by molar-refractivity contribution is 4.66. The van der Waals surface area contributed by atoms with Gasteiger partial charge in [-0.05, 0) is 32.7 Å². The van der Waals surface area contributed by atoms with Crippen molar-refractivity contribution in [3.63, 3.8) is 0 Å². The lowest BCUT2D eigenvalue weighted by Crippen LogP contribution is -2.23. The first-order valence-electron chi connectivity index (χ1n) is 6.33. The summed E-state index contributed by atoms with van der Waals surface area (Å²) in [6.07, 6.45) is 6.89. The van der Waals surface area contributed by atoms with Crippen molar-refractivity contribution in [2.24, 2.45) is 0 Å². The van der Waals surface area contributed by atoms with E-state index < -0.39 is 0 Å². The van der Waals surface area contributed by atoms with Gasteiger partial charge in [0, 0.05) is 19.8 Å². The zero-order chi connectivity index (χ0) is 10.8. The Bertz CT molecular complexity index is 136.